The standard InChI is InChI=1S/C23H26FN3O2/c1-2-19-5-3-4-6-21(19)25-22(28)17-26-13-15-27(16-14-26)23(29)12-9-18-7-10-20(24)11-8-18/h3-12H,2,13-17H2,1H3,(H,25,28)/b12-9+. The topological polar surface area (TPSA) is 52.7 Å². The van der Waals surface area contributed by atoms with Gasteiger partial charge in [0.05, 0.1) is 6.54 Å². The highest BCUT2D eigenvalue weighted by molar-refractivity contribution is 5.93. The van der Waals surface area contributed by atoms with Crippen molar-refractivity contribution in [1.82, 2.24) is 9.80 Å². The van der Waals surface area contributed by atoms with Crippen LogP contribution in [0.5, 0.6) is 0 Å². The molecule has 1 aliphatic rings. The van der Waals surface area contributed by atoms with Crippen molar-refractivity contribution in [3.8, 4) is 0 Å². The van der Waals surface area contributed by atoms with Crippen molar-refractivity contribution in [2.24, 2.45) is 0 Å². The summed E-state index contributed by atoms with van der Waals surface area (Å²) in [5, 5.41) is 2.99. The molecule has 0 unspecified atom stereocenters. The van der Waals surface area contributed by atoms with Crippen LogP contribution in [0.3, 0.4) is 0 Å². The number of halogens is 1. The van der Waals surface area contributed by atoms with Gasteiger partial charge in [0.1, 0.15) is 5.82 Å². The van der Waals surface area contributed by atoms with Crippen molar-refractivity contribution in [1.29, 1.82) is 0 Å². The molecule has 0 aliphatic carbocycles. The number of rotatable bonds is 6. The highest BCUT2D eigenvalue weighted by Gasteiger charge is 2.21. The molecule has 2 amide bonds. The van der Waals surface area contributed by atoms with Crippen molar-refractivity contribution in [3.05, 3.63) is 71.6 Å². The Morgan fingerprint density at radius 3 is 2.41 bits per heavy atom. The van der Waals surface area contributed by atoms with Crippen molar-refractivity contribution in [3.63, 3.8) is 0 Å². The van der Waals surface area contributed by atoms with Gasteiger partial charge in [0, 0.05) is 37.9 Å². The van der Waals surface area contributed by atoms with E-state index in [-0.39, 0.29) is 17.6 Å². The molecule has 0 aromatic heterocycles. The number of anilines is 1. The molecule has 0 spiro atoms. The molecule has 1 fully saturated rings. The van der Waals surface area contributed by atoms with Gasteiger partial charge in [0.2, 0.25) is 11.8 Å². The predicted octanol–water partition coefficient (Wildman–Crippen LogP) is 3.18. The van der Waals surface area contributed by atoms with Gasteiger partial charge in [-0.05, 0) is 41.8 Å². The number of carbonyl (C=O) groups excluding carboxylic acids is 2. The fourth-order valence-electron chi connectivity index (χ4n) is 3.32. The van der Waals surface area contributed by atoms with Crippen LogP contribution in [0.1, 0.15) is 18.1 Å². The Labute approximate surface area is 170 Å². The van der Waals surface area contributed by atoms with E-state index >= 15 is 0 Å². The summed E-state index contributed by atoms with van der Waals surface area (Å²) < 4.78 is 12.9. The lowest BCUT2D eigenvalue weighted by atomic mass is 10.1. The van der Waals surface area contributed by atoms with Gasteiger partial charge in [-0.2, -0.15) is 0 Å². The fourth-order valence-corrected chi connectivity index (χ4v) is 3.32. The van der Waals surface area contributed by atoms with Gasteiger partial charge in [0.25, 0.3) is 0 Å². The number of benzene rings is 2. The Morgan fingerprint density at radius 1 is 1.03 bits per heavy atom. The van der Waals surface area contributed by atoms with E-state index in [9.17, 15) is 14.0 Å². The van der Waals surface area contributed by atoms with Gasteiger partial charge in [-0.25, -0.2) is 4.39 Å². The van der Waals surface area contributed by atoms with Crippen LogP contribution < -0.4 is 5.32 Å². The molecule has 2 aromatic carbocycles. The van der Waals surface area contributed by atoms with Crippen molar-refractivity contribution in [2.45, 2.75) is 13.3 Å². The number of para-hydroxylation sites is 1. The molecule has 152 valence electrons. The first-order valence-corrected chi connectivity index (χ1v) is 9.88. The summed E-state index contributed by atoms with van der Waals surface area (Å²) in [7, 11) is 0. The first-order valence-electron chi connectivity index (χ1n) is 9.88. The van der Waals surface area contributed by atoms with Crippen LogP contribution in [0.15, 0.2) is 54.6 Å². The molecule has 2 aromatic rings. The average Bonchev–Trinajstić information content (AvgIpc) is 2.74. The molecule has 0 atom stereocenters. The van der Waals surface area contributed by atoms with Crippen LogP contribution >= 0.6 is 0 Å². The minimum absolute atomic E-state index is 0.0399. The molecule has 5 nitrogen and oxygen atoms in total. The van der Waals surface area contributed by atoms with E-state index in [0.717, 1.165) is 23.2 Å². The lowest BCUT2D eigenvalue weighted by Crippen LogP contribution is -2.50. The second kappa shape index (κ2) is 9.98. The van der Waals surface area contributed by atoms with Crippen molar-refractivity contribution < 1.29 is 14.0 Å². The highest BCUT2D eigenvalue weighted by Crippen LogP contribution is 2.15. The lowest BCUT2D eigenvalue weighted by molar-refractivity contribution is -0.127. The van der Waals surface area contributed by atoms with E-state index in [1.54, 1.807) is 23.1 Å². The Balaban J connectivity index is 1.45. The third kappa shape index (κ3) is 5.99. The summed E-state index contributed by atoms with van der Waals surface area (Å²) in [6.07, 6.45) is 4.06. The zero-order valence-electron chi connectivity index (χ0n) is 16.6. The summed E-state index contributed by atoms with van der Waals surface area (Å²) in [6, 6.07) is 13.8. The second-order valence-corrected chi connectivity index (χ2v) is 7.05. The maximum absolute atomic E-state index is 12.9. The minimum atomic E-state index is -0.299. The summed E-state index contributed by atoms with van der Waals surface area (Å²) in [4.78, 5) is 28.5. The number of nitrogens with zero attached hydrogens (tertiary/aromatic N) is 2. The Morgan fingerprint density at radius 2 is 1.72 bits per heavy atom. The van der Waals surface area contributed by atoms with Crippen LogP contribution in [0.25, 0.3) is 6.08 Å². The third-order valence-corrected chi connectivity index (χ3v) is 5.01. The molecule has 6 heteroatoms. The first kappa shape index (κ1) is 20.7. The van der Waals surface area contributed by atoms with E-state index in [0.29, 0.717) is 32.7 Å². The SMILES string of the molecule is CCc1ccccc1NC(=O)CN1CCN(C(=O)/C=C/c2ccc(F)cc2)CC1. The minimum Gasteiger partial charge on any atom is -0.337 e. The average molecular weight is 395 g/mol. The maximum atomic E-state index is 12.9. The van der Waals surface area contributed by atoms with E-state index in [1.807, 2.05) is 24.3 Å². The van der Waals surface area contributed by atoms with E-state index < -0.39 is 0 Å². The van der Waals surface area contributed by atoms with Crippen LogP contribution in [0, 0.1) is 5.82 Å². The molecule has 1 aliphatic heterocycles. The molecular formula is C23H26FN3O2. The van der Waals surface area contributed by atoms with Crippen LogP contribution in [0.2, 0.25) is 0 Å². The molecule has 0 saturated carbocycles. The molecule has 0 bridgehead atoms. The highest BCUT2D eigenvalue weighted by atomic mass is 19.1. The zero-order valence-corrected chi connectivity index (χ0v) is 16.6. The second-order valence-electron chi connectivity index (χ2n) is 7.05. The largest absolute Gasteiger partial charge is 0.337 e. The van der Waals surface area contributed by atoms with Crippen molar-refractivity contribution in [2.75, 3.05) is 38.0 Å². The Hall–Kier alpha value is -2.99. The fraction of sp³-hybridized carbons (Fsp3) is 0.304. The van der Waals surface area contributed by atoms with Crippen LogP contribution in [-0.4, -0.2) is 54.3 Å². The molecule has 1 heterocycles. The summed E-state index contributed by atoms with van der Waals surface area (Å²) in [5.74, 6) is -0.413. The molecule has 1 N–H and O–H groups in total. The smallest absolute Gasteiger partial charge is 0.246 e. The van der Waals surface area contributed by atoms with E-state index in [2.05, 4.69) is 17.1 Å². The van der Waals surface area contributed by atoms with E-state index in [1.165, 1.54) is 18.2 Å². The van der Waals surface area contributed by atoms with E-state index in [4.69, 9.17) is 0 Å². The van der Waals surface area contributed by atoms with Gasteiger partial charge in [-0.15, -0.1) is 0 Å². The van der Waals surface area contributed by atoms with Crippen LogP contribution in [0.4, 0.5) is 10.1 Å². The quantitative estimate of drug-likeness (QED) is 0.765. The number of hydrogen-bond acceptors (Lipinski definition) is 3. The number of nitrogens with one attached hydrogen (secondary N) is 1. The number of piperazine rings is 1. The molecule has 0 radical (unpaired) electrons. The third-order valence-electron chi connectivity index (χ3n) is 5.01. The van der Waals surface area contributed by atoms with Gasteiger partial charge in [-0.3, -0.25) is 14.5 Å². The number of hydrogen-bond donors (Lipinski definition) is 1. The predicted molar refractivity (Wildman–Crippen MR) is 113 cm³/mol. The Kier molecular flexibility index (Phi) is 7.14. The van der Waals surface area contributed by atoms with Gasteiger partial charge >= 0.3 is 0 Å². The summed E-state index contributed by atoms with van der Waals surface area (Å²) in [6.45, 7) is 4.83. The van der Waals surface area contributed by atoms with Gasteiger partial charge in [0.15, 0.2) is 0 Å². The first-order chi connectivity index (χ1) is 14.0. The van der Waals surface area contributed by atoms with Gasteiger partial charge < -0.3 is 10.2 Å². The molecule has 3 rings (SSSR count). The molecule has 29 heavy (non-hydrogen) atoms. The summed E-state index contributed by atoms with van der Waals surface area (Å²) >= 11 is 0. The zero-order chi connectivity index (χ0) is 20.6. The molecule has 1 saturated heterocycles. The normalized spacial score (nSPS) is 14.9. The lowest BCUT2D eigenvalue weighted by Gasteiger charge is -2.33. The van der Waals surface area contributed by atoms with Crippen LogP contribution in [-0.2, 0) is 16.0 Å². The summed E-state index contributed by atoms with van der Waals surface area (Å²) in [5.41, 5.74) is 2.76. The van der Waals surface area contributed by atoms with Gasteiger partial charge in [-0.1, -0.05) is 37.3 Å². The van der Waals surface area contributed by atoms with Crippen molar-refractivity contribution >= 4 is 23.6 Å². The number of amides is 2. The monoisotopic (exact) mass is 395 g/mol. The number of carbonyl (C=O) groups is 2. The number of aryl methyl sites for hydroxylation is 1. The maximum Gasteiger partial charge on any atom is 0.246 e. The molecular weight excluding hydrogens is 369 g/mol. The Bertz CT molecular complexity index is 872.